The lowest BCUT2D eigenvalue weighted by Crippen LogP contribution is -2.54. The predicted molar refractivity (Wildman–Crippen MR) is 146 cm³/mol. The van der Waals surface area contributed by atoms with Crippen LogP contribution in [0.2, 0.25) is 10.0 Å². The number of nitrogens with zero attached hydrogens (tertiary/aromatic N) is 4. The van der Waals surface area contributed by atoms with Gasteiger partial charge in [0.1, 0.15) is 12.0 Å². The minimum absolute atomic E-state index is 0.0502. The third-order valence-electron chi connectivity index (χ3n) is 8.13. The van der Waals surface area contributed by atoms with Gasteiger partial charge in [-0.05, 0) is 69.4 Å². The smallest absolute Gasteiger partial charge is 0.306 e. The molecular weight excluding hydrogens is 555 g/mol. The first kappa shape index (κ1) is 30.2. The molecule has 2 aliphatic rings. The van der Waals surface area contributed by atoms with E-state index in [4.69, 9.17) is 23.2 Å². The first-order chi connectivity index (χ1) is 18.4. The fourth-order valence-corrected chi connectivity index (χ4v) is 6.22. The monoisotopic (exact) mass is 588 g/mol. The van der Waals surface area contributed by atoms with Gasteiger partial charge in [-0.2, -0.15) is 13.2 Å². The summed E-state index contributed by atoms with van der Waals surface area (Å²) in [4.78, 5) is 21.0. The number of carbonyl (C=O) groups excluding carboxylic acids is 1. The SMILES string of the molecule is CN(C)C1CCN(C(C=O)N2C[C@H](c3ccc(Cl)c(Cl)c3)[C@H](N(C)Cc3ccc(C(F)(F)F)c(F)c3)C2)CC1. The van der Waals surface area contributed by atoms with Crippen LogP contribution in [0, 0.1) is 5.82 Å². The number of likely N-dealkylation sites (N-methyl/N-ethyl adjacent to an activating group) is 1. The first-order valence-corrected chi connectivity index (χ1v) is 13.7. The highest BCUT2D eigenvalue weighted by atomic mass is 35.5. The highest BCUT2D eigenvalue weighted by Gasteiger charge is 2.41. The molecule has 3 atom stereocenters. The van der Waals surface area contributed by atoms with Gasteiger partial charge in [-0.3, -0.25) is 14.7 Å². The zero-order valence-electron chi connectivity index (χ0n) is 22.3. The molecule has 4 rings (SSSR count). The van der Waals surface area contributed by atoms with E-state index in [1.807, 2.05) is 24.1 Å². The summed E-state index contributed by atoms with van der Waals surface area (Å²) >= 11 is 12.5. The molecule has 214 valence electrons. The van der Waals surface area contributed by atoms with Crippen molar-refractivity contribution in [3.05, 3.63) is 69.0 Å². The van der Waals surface area contributed by atoms with E-state index < -0.39 is 17.6 Å². The fraction of sp³-hybridized carbons (Fsp3) is 0.536. The summed E-state index contributed by atoms with van der Waals surface area (Å²) in [6, 6.07) is 8.92. The lowest BCUT2D eigenvalue weighted by molar-refractivity contribution is -0.140. The number of aldehydes is 1. The van der Waals surface area contributed by atoms with E-state index in [-0.39, 0.29) is 24.7 Å². The van der Waals surface area contributed by atoms with E-state index in [9.17, 15) is 22.4 Å². The van der Waals surface area contributed by atoms with Crippen LogP contribution in [-0.4, -0.2) is 91.5 Å². The molecule has 2 aromatic carbocycles. The largest absolute Gasteiger partial charge is 0.419 e. The molecule has 5 nitrogen and oxygen atoms in total. The van der Waals surface area contributed by atoms with Gasteiger partial charge in [0, 0.05) is 50.7 Å². The number of carbonyl (C=O) groups is 1. The van der Waals surface area contributed by atoms with Gasteiger partial charge in [-0.1, -0.05) is 35.3 Å². The average Bonchev–Trinajstić information content (AvgIpc) is 3.31. The van der Waals surface area contributed by atoms with E-state index in [1.165, 1.54) is 6.07 Å². The molecule has 0 radical (unpaired) electrons. The number of piperidine rings is 1. The van der Waals surface area contributed by atoms with E-state index in [0.717, 1.165) is 49.9 Å². The van der Waals surface area contributed by atoms with Crippen LogP contribution in [0.1, 0.15) is 35.4 Å². The van der Waals surface area contributed by atoms with Crippen molar-refractivity contribution >= 4 is 29.5 Å². The molecule has 39 heavy (non-hydrogen) atoms. The lowest BCUT2D eigenvalue weighted by Gasteiger charge is -2.40. The van der Waals surface area contributed by atoms with Crippen LogP contribution in [0.4, 0.5) is 17.6 Å². The summed E-state index contributed by atoms with van der Waals surface area (Å²) in [7, 11) is 6.01. The number of hydrogen-bond acceptors (Lipinski definition) is 5. The molecule has 0 spiro atoms. The quantitative estimate of drug-likeness (QED) is 0.296. The number of likely N-dealkylation sites (tertiary alicyclic amines) is 2. The number of benzene rings is 2. The van der Waals surface area contributed by atoms with Crippen LogP contribution in [0.5, 0.6) is 0 Å². The molecule has 2 saturated heterocycles. The van der Waals surface area contributed by atoms with Crippen LogP contribution < -0.4 is 0 Å². The summed E-state index contributed by atoms with van der Waals surface area (Å²) in [6.07, 6.45) is -2.19. The van der Waals surface area contributed by atoms with Gasteiger partial charge in [-0.25, -0.2) is 4.39 Å². The Morgan fingerprint density at radius 2 is 1.69 bits per heavy atom. The third kappa shape index (κ3) is 6.94. The van der Waals surface area contributed by atoms with Crippen molar-refractivity contribution < 1.29 is 22.4 Å². The minimum atomic E-state index is -4.75. The molecule has 2 fully saturated rings. The van der Waals surface area contributed by atoms with Crippen molar-refractivity contribution in [1.29, 1.82) is 0 Å². The molecule has 0 aliphatic carbocycles. The highest BCUT2D eigenvalue weighted by molar-refractivity contribution is 6.42. The molecule has 0 saturated carbocycles. The normalized spacial score (nSPS) is 22.6. The Balaban J connectivity index is 1.56. The Kier molecular flexibility index (Phi) is 9.61. The molecule has 2 aliphatic heterocycles. The maximum absolute atomic E-state index is 14.3. The molecule has 2 heterocycles. The number of hydrogen-bond donors (Lipinski definition) is 0. The van der Waals surface area contributed by atoms with Crippen molar-refractivity contribution in [2.45, 2.75) is 49.7 Å². The van der Waals surface area contributed by atoms with E-state index in [2.05, 4.69) is 28.8 Å². The third-order valence-corrected chi connectivity index (χ3v) is 8.86. The standard InChI is InChI=1S/C28H34Cl2F4N4O/c1-35(2)20-8-10-37(11-9-20)27(17-39)38-15-21(19-5-7-23(29)24(30)13-19)26(16-38)36(3)14-18-4-6-22(25(31)12-18)28(32,33)34/h4-7,12-13,17,20-21,26-27H,8-11,14-16H2,1-3H3/t21-,26-,27?/m1/s1. The van der Waals surface area contributed by atoms with E-state index in [0.29, 0.717) is 34.7 Å². The number of halogens is 6. The van der Waals surface area contributed by atoms with Crippen molar-refractivity contribution in [3.8, 4) is 0 Å². The molecule has 0 bridgehead atoms. The Labute approximate surface area is 237 Å². The zero-order chi connectivity index (χ0) is 28.5. The summed E-state index contributed by atoms with van der Waals surface area (Å²) < 4.78 is 53.4. The molecule has 0 amide bonds. The van der Waals surface area contributed by atoms with Crippen molar-refractivity contribution in [2.75, 3.05) is 47.3 Å². The first-order valence-electron chi connectivity index (χ1n) is 13.0. The molecule has 1 unspecified atom stereocenters. The number of alkyl halides is 3. The van der Waals surface area contributed by atoms with Gasteiger partial charge in [0.15, 0.2) is 6.29 Å². The van der Waals surface area contributed by atoms with Crippen molar-refractivity contribution in [3.63, 3.8) is 0 Å². The van der Waals surface area contributed by atoms with Gasteiger partial charge in [0.25, 0.3) is 0 Å². The summed E-state index contributed by atoms with van der Waals surface area (Å²) in [5.41, 5.74) is 0.117. The fourth-order valence-electron chi connectivity index (χ4n) is 5.91. The summed E-state index contributed by atoms with van der Waals surface area (Å²) in [5, 5.41) is 0.867. The van der Waals surface area contributed by atoms with Crippen LogP contribution in [-0.2, 0) is 17.5 Å². The molecule has 11 heteroatoms. The minimum Gasteiger partial charge on any atom is -0.306 e. The second kappa shape index (κ2) is 12.4. The van der Waals surface area contributed by atoms with Crippen molar-refractivity contribution in [2.24, 2.45) is 0 Å². The van der Waals surface area contributed by atoms with Crippen LogP contribution in [0.15, 0.2) is 36.4 Å². The highest BCUT2D eigenvalue weighted by Crippen LogP contribution is 2.37. The summed E-state index contributed by atoms with van der Waals surface area (Å²) in [6.45, 7) is 3.01. The Morgan fingerprint density at radius 3 is 2.26 bits per heavy atom. The summed E-state index contributed by atoms with van der Waals surface area (Å²) in [5.74, 6) is -1.34. The van der Waals surface area contributed by atoms with Gasteiger partial charge >= 0.3 is 6.18 Å². The predicted octanol–water partition coefficient (Wildman–Crippen LogP) is 5.60. The van der Waals surface area contributed by atoms with E-state index in [1.54, 1.807) is 6.07 Å². The van der Waals surface area contributed by atoms with Gasteiger partial charge < -0.3 is 9.69 Å². The van der Waals surface area contributed by atoms with Crippen LogP contribution in [0.25, 0.3) is 0 Å². The van der Waals surface area contributed by atoms with Gasteiger partial charge in [0.2, 0.25) is 0 Å². The molecule has 0 aromatic heterocycles. The number of rotatable bonds is 8. The van der Waals surface area contributed by atoms with Gasteiger partial charge in [-0.15, -0.1) is 0 Å². The average molecular weight is 590 g/mol. The zero-order valence-corrected chi connectivity index (χ0v) is 23.8. The van der Waals surface area contributed by atoms with Crippen molar-refractivity contribution in [1.82, 2.24) is 19.6 Å². The second-order valence-electron chi connectivity index (χ2n) is 10.8. The van der Waals surface area contributed by atoms with Crippen LogP contribution >= 0.6 is 23.2 Å². The van der Waals surface area contributed by atoms with E-state index >= 15 is 0 Å². The Morgan fingerprint density at radius 1 is 1.00 bits per heavy atom. The second-order valence-corrected chi connectivity index (χ2v) is 11.6. The maximum Gasteiger partial charge on any atom is 0.419 e. The Bertz CT molecular complexity index is 1160. The maximum atomic E-state index is 14.3. The Hall–Kier alpha value is -1.75. The lowest BCUT2D eigenvalue weighted by atomic mass is 9.93. The topological polar surface area (TPSA) is 30.0 Å². The molecular formula is C28H34Cl2F4N4O. The van der Waals surface area contributed by atoms with Gasteiger partial charge in [0.05, 0.1) is 15.6 Å². The van der Waals surface area contributed by atoms with Crippen LogP contribution in [0.3, 0.4) is 0 Å². The molecule has 0 N–H and O–H groups in total. The molecule has 2 aromatic rings.